The number of rotatable bonds is 9. The van der Waals surface area contributed by atoms with Crippen LogP contribution < -0.4 is 4.90 Å². The van der Waals surface area contributed by atoms with Crippen molar-refractivity contribution in [2.75, 3.05) is 18.1 Å². The number of nitrogens with one attached hydrogen (secondary N) is 1. The molecule has 0 unspecified atom stereocenters. The van der Waals surface area contributed by atoms with Gasteiger partial charge < -0.3 is 9.64 Å². The highest BCUT2D eigenvalue weighted by molar-refractivity contribution is 7.17. The number of hydrogen-bond acceptors (Lipinski definition) is 8. The Morgan fingerprint density at radius 2 is 1.94 bits per heavy atom. The van der Waals surface area contributed by atoms with Crippen LogP contribution in [-0.4, -0.2) is 44.7 Å². The molecule has 0 aliphatic carbocycles. The van der Waals surface area contributed by atoms with Crippen molar-refractivity contribution < 1.29 is 9.53 Å². The maximum Gasteiger partial charge on any atom is 0.350 e. The van der Waals surface area contributed by atoms with Gasteiger partial charge in [-0.25, -0.2) is 9.78 Å². The standard InChI is InChI=1S/C24H24N6O2S/c1-4-14-30(24-25-16(3)21(33-24)23(31)32-5-2)15-17-10-12-18(13-11-17)19-8-6-7-9-20(19)22-26-28-29-27-22/h4,6-13H,1,5,14-15H2,2-3H3,(H,26,27,28,29). The van der Waals surface area contributed by atoms with Gasteiger partial charge in [0.1, 0.15) is 4.88 Å². The molecule has 2 heterocycles. The molecule has 0 aliphatic rings. The van der Waals surface area contributed by atoms with Gasteiger partial charge in [-0.15, -0.1) is 16.8 Å². The molecule has 1 N–H and O–H groups in total. The molecular weight excluding hydrogens is 436 g/mol. The molecule has 0 bridgehead atoms. The lowest BCUT2D eigenvalue weighted by molar-refractivity contribution is 0.0531. The molecule has 0 amide bonds. The molecule has 0 spiro atoms. The lowest BCUT2D eigenvalue weighted by atomic mass is 9.98. The quantitative estimate of drug-likeness (QED) is 0.286. The molecule has 0 saturated heterocycles. The van der Waals surface area contributed by atoms with Crippen molar-refractivity contribution in [1.29, 1.82) is 0 Å². The van der Waals surface area contributed by atoms with E-state index in [9.17, 15) is 4.79 Å². The number of nitrogens with zero attached hydrogens (tertiary/aromatic N) is 5. The van der Waals surface area contributed by atoms with Crippen molar-refractivity contribution in [3.63, 3.8) is 0 Å². The van der Waals surface area contributed by atoms with Crippen molar-refractivity contribution in [2.24, 2.45) is 0 Å². The summed E-state index contributed by atoms with van der Waals surface area (Å²) in [6.45, 7) is 9.08. The lowest BCUT2D eigenvalue weighted by Crippen LogP contribution is -2.22. The van der Waals surface area contributed by atoms with E-state index in [0.717, 1.165) is 27.4 Å². The van der Waals surface area contributed by atoms with Crippen molar-refractivity contribution in [2.45, 2.75) is 20.4 Å². The number of benzene rings is 2. The first-order valence-corrected chi connectivity index (χ1v) is 11.3. The fourth-order valence-corrected chi connectivity index (χ4v) is 4.45. The van der Waals surface area contributed by atoms with Crippen LogP contribution in [0.3, 0.4) is 0 Å². The van der Waals surface area contributed by atoms with Crippen LogP contribution in [0.1, 0.15) is 27.9 Å². The van der Waals surface area contributed by atoms with Crippen molar-refractivity contribution in [3.05, 3.63) is 77.3 Å². The SMILES string of the molecule is C=CCN(Cc1ccc(-c2ccccc2-c2nn[nH]n2)cc1)c1nc(C)c(C(=O)OCC)s1. The van der Waals surface area contributed by atoms with Gasteiger partial charge in [-0.2, -0.15) is 5.21 Å². The van der Waals surface area contributed by atoms with Crippen LogP contribution in [0.25, 0.3) is 22.5 Å². The van der Waals surface area contributed by atoms with Crippen molar-refractivity contribution in [3.8, 4) is 22.5 Å². The Balaban J connectivity index is 1.57. The number of carbonyl (C=O) groups excluding carboxylic acids is 1. The summed E-state index contributed by atoms with van der Waals surface area (Å²) < 4.78 is 5.15. The third-order valence-electron chi connectivity index (χ3n) is 5.02. The van der Waals surface area contributed by atoms with E-state index in [0.29, 0.717) is 36.1 Å². The number of ether oxygens (including phenoxy) is 1. The highest BCUT2D eigenvalue weighted by Crippen LogP contribution is 2.31. The number of tetrazole rings is 1. The van der Waals surface area contributed by atoms with Crippen molar-refractivity contribution >= 4 is 22.4 Å². The number of H-pyrrole nitrogens is 1. The zero-order valence-electron chi connectivity index (χ0n) is 18.5. The van der Waals surface area contributed by atoms with E-state index in [-0.39, 0.29) is 5.97 Å². The largest absolute Gasteiger partial charge is 0.462 e. The molecule has 2 aromatic heterocycles. The number of aromatic amines is 1. The molecule has 4 aromatic rings. The topological polar surface area (TPSA) is 96.9 Å². The number of aryl methyl sites for hydroxylation is 1. The summed E-state index contributed by atoms with van der Waals surface area (Å²) in [5, 5.41) is 15.2. The summed E-state index contributed by atoms with van der Waals surface area (Å²) >= 11 is 1.35. The number of carbonyl (C=O) groups is 1. The van der Waals surface area contributed by atoms with Gasteiger partial charge >= 0.3 is 5.97 Å². The first-order chi connectivity index (χ1) is 16.1. The summed E-state index contributed by atoms with van der Waals surface area (Å²) in [4.78, 5) is 19.4. The van der Waals surface area contributed by atoms with Crippen LogP contribution in [0, 0.1) is 6.92 Å². The fraction of sp³-hybridized carbons (Fsp3) is 0.208. The number of hydrogen-bond donors (Lipinski definition) is 1. The van der Waals surface area contributed by atoms with E-state index >= 15 is 0 Å². The van der Waals surface area contributed by atoms with Crippen LogP contribution >= 0.6 is 11.3 Å². The monoisotopic (exact) mass is 460 g/mol. The molecule has 0 radical (unpaired) electrons. The Labute approximate surface area is 196 Å². The maximum absolute atomic E-state index is 12.2. The summed E-state index contributed by atoms with van der Waals surface area (Å²) in [7, 11) is 0. The van der Waals surface area contributed by atoms with Crippen LogP contribution in [0.2, 0.25) is 0 Å². The average Bonchev–Trinajstić information content (AvgIpc) is 3.50. The maximum atomic E-state index is 12.2. The van der Waals surface area contributed by atoms with Crippen LogP contribution in [0.5, 0.6) is 0 Å². The molecule has 8 nitrogen and oxygen atoms in total. The lowest BCUT2D eigenvalue weighted by Gasteiger charge is -2.20. The Bertz CT molecular complexity index is 1230. The van der Waals surface area contributed by atoms with Gasteiger partial charge in [0.15, 0.2) is 5.13 Å². The summed E-state index contributed by atoms with van der Waals surface area (Å²) in [5.41, 5.74) is 4.79. The molecule has 168 valence electrons. The first-order valence-electron chi connectivity index (χ1n) is 10.5. The summed E-state index contributed by atoms with van der Waals surface area (Å²) in [5.74, 6) is 0.227. The first kappa shape index (κ1) is 22.3. The molecule has 33 heavy (non-hydrogen) atoms. The van der Waals surface area contributed by atoms with Gasteiger partial charge in [0, 0.05) is 18.7 Å². The number of thiazole rings is 1. The molecule has 4 rings (SSSR count). The van der Waals surface area contributed by atoms with E-state index in [2.05, 4.69) is 61.4 Å². The van der Waals surface area contributed by atoms with Gasteiger partial charge in [0.05, 0.1) is 12.3 Å². The predicted molar refractivity (Wildman–Crippen MR) is 129 cm³/mol. The predicted octanol–water partition coefficient (Wildman–Crippen LogP) is 4.67. The van der Waals surface area contributed by atoms with E-state index < -0.39 is 0 Å². The van der Waals surface area contributed by atoms with Crippen LogP contribution in [-0.2, 0) is 11.3 Å². The molecule has 0 saturated carbocycles. The van der Waals surface area contributed by atoms with E-state index in [1.807, 2.05) is 37.3 Å². The Morgan fingerprint density at radius 1 is 1.18 bits per heavy atom. The molecular formula is C24H24N6O2S. The second-order valence-electron chi connectivity index (χ2n) is 7.28. The Kier molecular flexibility index (Phi) is 6.89. The van der Waals surface area contributed by atoms with E-state index in [1.54, 1.807) is 6.92 Å². The second-order valence-corrected chi connectivity index (χ2v) is 8.26. The van der Waals surface area contributed by atoms with Gasteiger partial charge in [-0.05, 0) is 35.8 Å². The van der Waals surface area contributed by atoms with Gasteiger partial charge in [-0.3, -0.25) is 0 Å². The average molecular weight is 461 g/mol. The van der Waals surface area contributed by atoms with E-state index in [1.165, 1.54) is 11.3 Å². The van der Waals surface area contributed by atoms with Crippen LogP contribution in [0.4, 0.5) is 5.13 Å². The smallest absolute Gasteiger partial charge is 0.350 e. The Morgan fingerprint density at radius 3 is 2.61 bits per heavy atom. The Hall–Kier alpha value is -3.85. The van der Waals surface area contributed by atoms with Crippen LogP contribution in [0.15, 0.2) is 61.2 Å². The fourth-order valence-electron chi connectivity index (χ4n) is 3.49. The molecule has 9 heteroatoms. The van der Waals surface area contributed by atoms with Gasteiger partial charge in [0.2, 0.25) is 5.82 Å². The number of aromatic nitrogens is 5. The normalized spacial score (nSPS) is 10.7. The minimum atomic E-state index is -0.332. The number of esters is 1. The zero-order chi connectivity index (χ0) is 23.2. The van der Waals surface area contributed by atoms with Gasteiger partial charge in [0.25, 0.3) is 0 Å². The molecule has 0 atom stereocenters. The number of anilines is 1. The van der Waals surface area contributed by atoms with E-state index in [4.69, 9.17) is 4.74 Å². The third-order valence-corrected chi connectivity index (χ3v) is 6.22. The van der Waals surface area contributed by atoms with Gasteiger partial charge in [-0.1, -0.05) is 65.9 Å². The van der Waals surface area contributed by atoms with Crippen molar-refractivity contribution in [1.82, 2.24) is 25.6 Å². The minimum Gasteiger partial charge on any atom is -0.462 e. The zero-order valence-corrected chi connectivity index (χ0v) is 19.3. The highest BCUT2D eigenvalue weighted by atomic mass is 32.1. The molecule has 0 fully saturated rings. The molecule has 0 aliphatic heterocycles. The third kappa shape index (κ3) is 4.98. The second kappa shape index (κ2) is 10.2. The summed E-state index contributed by atoms with van der Waals surface area (Å²) in [6, 6.07) is 16.3. The minimum absolute atomic E-state index is 0.332. The highest BCUT2D eigenvalue weighted by Gasteiger charge is 2.20. The summed E-state index contributed by atoms with van der Waals surface area (Å²) in [6.07, 6.45) is 1.83. The molecule has 2 aromatic carbocycles.